The number of rotatable bonds is 6. The van der Waals surface area contributed by atoms with E-state index in [2.05, 4.69) is 21.2 Å². The summed E-state index contributed by atoms with van der Waals surface area (Å²) in [6, 6.07) is 4.64. The molecule has 0 aliphatic carbocycles. The molecule has 0 aromatic heterocycles. The van der Waals surface area contributed by atoms with Gasteiger partial charge in [-0.2, -0.15) is 0 Å². The molecule has 20 heavy (non-hydrogen) atoms. The van der Waals surface area contributed by atoms with Gasteiger partial charge in [0.15, 0.2) is 0 Å². The number of amides is 1. The first-order valence-corrected chi connectivity index (χ1v) is 7.00. The molecular formula is C14H18BrNO4. The lowest BCUT2D eigenvalue weighted by atomic mass is 10.0. The summed E-state index contributed by atoms with van der Waals surface area (Å²) in [4.78, 5) is 23.1. The van der Waals surface area contributed by atoms with Crippen LogP contribution in [0.5, 0.6) is 5.75 Å². The van der Waals surface area contributed by atoms with Crippen molar-refractivity contribution in [1.82, 2.24) is 5.32 Å². The van der Waals surface area contributed by atoms with Gasteiger partial charge in [0.2, 0.25) is 0 Å². The minimum atomic E-state index is -0.938. The first kappa shape index (κ1) is 16.5. The fourth-order valence-electron chi connectivity index (χ4n) is 1.74. The highest BCUT2D eigenvalue weighted by molar-refractivity contribution is 9.10. The average molecular weight is 344 g/mol. The van der Waals surface area contributed by atoms with Gasteiger partial charge in [-0.3, -0.25) is 9.59 Å². The summed E-state index contributed by atoms with van der Waals surface area (Å²) in [5.74, 6) is -0.813. The van der Waals surface area contributed by atoms with Crippen LogP contribution in [0.2, 0.25) is 0 Å². The van der Waals surface area contributed by atoms with Crippen LogP contribution in [-0.2, 0) is 4.79 Å². The summed E-state index contributed by atoms with van der Waals surface area (Å²) < 4.78 is 5.97. The Morgan fingerprint density at radius 2 is 2.05 bits per heavy atom. The monoisotopic (exact) mass is 343 g/mol. The van der Waals surface area contributed by atoms with E-state index in [1.165, 1.54) is 7.11 Å². The Hall–Kier alpha value is -1.56. The third-order valence-corrected chi connectivity index (χ3v) is 3.42. The lowest BCUT2D eigenvalue weighted by Gasteiger charge is -2.21. The predicted molar refractivity (Wildman–Crippen MR) is 79.0 cm³/mol. The molecule has 1 atom stereocenters. The Morgan fingerprint density at radius 1 is 1.40 bits per heavy atom. The van der Waals surface area contributed by atoms with Crippen molar-refractivity contribution in [2.75, 3.05) is 7.11 Å². The van der Waals surface area contributed by atoms with Crippen molar-refractivity contribution in [3.8, 4) is 5.75 Å². The lowest BCUT2D eigenvalue weighted by Crippen LogP contribution is -2.40. The van der Waals surface area contributed by atoms with Crippen LogP contribution in [0.1, 0.15) is 30.6 Å². The van der Waals surface area contributed by atoms with Gasteiger partial charge in [-0.1, -0.05) is 29.8 Å². The molecule has 0 heterocycles. The maximum absolute atomic E-state index is 12.2. The van der Waals surface area contributed by atoms with Crippen molar-refractivity contribution in [3.05, 3.63) is 28.2 Å². The van der Waals surface area contributed by atoms with Crippen LogP contribution in [0.15, 0.2) is 22.7 Å². The quantitative estimate of drug-likeness (QED) is 0.832. The van der Waals surface area contributed by atoms with Crippen LogP contribution >= 0.6 is 15.9 Å². The fourth-order valence-corrected chi connectivity index (χ4v) is 2.08. The van der Waals surface area contributed by atoms with Crippen LogP contribution in [0.3, 0.4) is 0 Å². The zero-order chi connectivity index (χ0) is 15.3. The molecule has 0 spiro atoms. The minimum Gasteiger partial charge on any atom is -0.496 e. The normalized spacial score (nSPS) is 12.1. The number of hydrogen-bond donors (Lipinski definition) is 2. The van der Waals surface area contributed by atoms with Gasteiger partial charge >= 0.3 is 5.97 Å². The Labute approximate surface area is 126 Å². The molecule has 1 amide bonds. The predicted octanol–water partition coefficient (Wildman–Crippen LogP) is 2.69. The van der Waals surface area contributed by atoms with E-state index in [1.807, 2.05) is 13.8 Å². The van der Waals surface area contributed by atoms with Gasteiger partial charge in [0.1, 0.15) is 5.75 Å². The van der Waals surface area contributed by atoms with Crippen LogP contribution < -0.4 is 10.1 Å². The molecule has 110 valence electrons. The van der Waals surface area contributed by atoms with E-state index in [1.54, 1.807) is 18.2 Å². The number of halogens is 1. The van der Waals surface area contributed by atoms with E-state index in [4.69, 9.17) is 9.84 Å². The van der Waals surface area contributed by atoms with Crippen LogP contribution in [0.4, 0.5) is 0 Å². The third kappa shape index (κ3) is 4.52. The number of benzene rings is 1. The van der Waals surface area contributed by atoms with Gasteiger partial charge in [-0.05, 0) is 24.1 Å². The van der Waals surface area contributed by atoms with Crippen molar-refractivity contribution in [2.45, 2.75) is 26.3 Å². The molecule has 0 saturated carbocycles. The van der Waals surface area contributed by atoms with E-state index >= 15 is 0 Å². The van der Waals surface area contributed by atoms with Gasteiger partial charge in [0, 0.05) is 10.5 Å². The van der Waals surface area contributed by atoms with Crippen LogP contribution in [-0.4, -0.2) is 30.1 Å². The van der Waals surface area contributed by atoms with Crippen molar-refractivity contribution >= 4 is 27.8 Å². The summed E-state index contributed by atoms with van der Waals surface area (Å²) in [5.41, 5.74) is 0.381. The molecule has 1 aromatic carbocycles. The van der Waals surface area contributed by atoms with Gasteiger partial charge in [-0.25, -0.2) is 0 Å². The van der Waals surface area contributed by atoms with E-state index in [0.29, 0.717) is 11.3 Å². The van der Waals surface area contributed by atoms with Gasteiger partial charge in [-0.15, -0.1) is 0 Å². The lowest BCUT2D eigenvalue weighted by molar-refractivity contribution is -0.137. The Balaban J connectivity index is 2.91. The second-order valence-corrected chi connectivity index (χ2v) is 5.68. The summed E-state index contributed by atoms with van der Waals surface area (Å²) in [6.45, 7) is 3.74. The summed E-state index contributed by atoms with van der Waals surface area (Å²) >= 11 is 3.30. The number of ether oxygens (including phenoxy) is 1. The number of carboxylic acid groups (broad SMARTS) is 1. The molecule has 1 rings (SSSR count). The van der Waals surface area contributed by atoms with Crippen LogP contribution in [0, 0.1) is 5.92 Å². The highest BCUT2D eigenvalue weighted by atomic mass is 79.9. The molecule has 0 aliphatic rings. The van der Waals surface area contributed by atoms with E-state index < -0.39 is 12.0 Å². The largest absolute Gasteiger partial charge is 0.496 e. The van der Waals surface area contributed by atoms with Gasteiger partial charge in [0.05, 0.1) is 19.1 Å². The number of nitrogens with one attached hydrogen (secondary N) is 1. The molecule has 0 aliphatic heterocycles. The summed E-state index contributed by atoms with van der Waals surface area (Å²) in [6.07, 6.45) is -0.109. The number of aliphatic carboxylic acids is 1. The first-order chi connectivity index (χ1) is 9.35. The summed E-state index contributed by atoms with van der Waals surface area (Å²) in [5, 5.41) is 11.6. The van der Waals surface area contributed by atoms with E-state index in [9.17, 15) is 9.59 Å². The number of hydrogen-bond acceptors (Lipinski definition) is 3. The number of carbonyl (C=O) groups is 2. The van der Waals surface area contributed by atoms with Gasteiger partial charge in [0.25, 0.3) is 5.91 Å². The highest BCUT2D eigenvalue weighted by Crippen LogP contribution is 2.23. The van der Waals surface area contributed by atoms with Crippen molar-refractivity contribution in [2.24, 2.45) is 5.92 Å². The smallest absolute Gasteiger partial charge is 0.305 e. The summed E-state index contributed by atoms with van der Waals surface area (Å²) in [7, 11) is 1.48. The molecule has 0 fully saturated rings. The maximum atomic E-state index is 12.2. The third-order valence-electron chi connectivity index (χ3n) is 2.92. The Kier molecular flexibility index (Phi) is 6.01. The molecule has 1 aromatic rings. The molecular weight excluding hydrogens is 326 g/mol. The highest BCUT2D eigenvalue weighted by Gasteiger charge is 2.21. The van der Waals surface area contributed by atoms with Crippen LogP contribution in [0.25, 0.3) is 0 Å². The Morgan fingerprint density at radius 3 is 2.55 bits per heavy atom. The molecule has 2 N–H and O–H groups in total. The van der Waals surface area contributed by atoms with Crippen molar-refractivity contribution in [1.29, 1.82) is 0 Å². The van der Waals surface area contributed by atoms with E-state index in [-0.39, 0.29) is 18.2 Å². The fraction of sp³-hybridized carbons (Fsp3) is 0.429. The van der Waals surface area contributed by atoms with Crippen molar-refractivity contribution in [3.63, 3.8) is 0 Å². The van der Waals surface area contributed by atoms with E-state index in [0.717, 1.165) is 4.47 Å². The number of methoxy groups -OCH3 is 1. The molecule has 1 unspecified atom stereocenters. The number of carboxylic acids is 1. The zero-order valence-corrected chi connectivity index (χ0v) is 13.2. The van der Waals surface area contributed by atoms with Crippen molar-refractivity contribution < 1.29 is 19.4 Å². The number of carbonyl (C=O) groups excluding carboxylic acids is 1. The second-order valence-electron chi connectivity index (χ2n) is 4.77. The molecule has 0 radical (unpaired) electrons. The Bertz CT molecular complexity index is 502. The molecule has 0 saturated heterocycles. The first-order valence-electron chi connectivity index (χ1n) is 6.21. The standard InChI is InChI=1S/C14H18BrNO4/c1-8(2)11(7-13(17)18)16-14(19)10-5-4-9(15)6-12(10)20-3/h4-6,8,11H,7H2,1-3H3,(H,16,19)(H,17,18). The maximum Gasteiger partial charge on any atom is 0.305 e. The zero-order valence-electron chi connectivity index (χ0n) is 11.6. The molecule has 5 nitrogen and oxygen atoms in total. The average Bonchev–Trinajstić information content (AvgIpc) is 2.36. The topological polar surface area (TPSA) is 75.6 Å². The minimum absolute atomic E-state index is 0.0245. The van der Waals surface area contributed by atoms with Gasteiger partial charge < -0.3 is 15.2 Å². The molecule has 0 bridgehead atoms. The second kappa shape index (κ2) is 7.28. The molecule has 6 heteroatoms. The SMILES string of the molecule is COc1cc(Br)ccc1C(=O)NC(CC(=O)O)C(C)C.